The second-order valence-electron chi connectivity index (χ2n) is 4.87. The van der Waals surface area contributed by atoms with Gasteiger partial charge in [0.2, 0.25) is 5.75 Å². The van der Waals surface area contributed by atoms with Gasteiger partial charge in [0.25, 0.3) is 5.91 Å². The van der Waals surface area contributed by atoms with Crippen LogP contribution in [0.15, 0.2) is 42.5 Å². The fourth-order valence-corrected chi connectivity index (χ4v) is 2.28. The summed E-state index contributed by atoms with van der Waals surface area (Å²) in [5.41, 5.74) is 1.53. The largest absolute Gasteiger partial charge is 0.493 e. The first-order valence-electron chi connectivity index (χ1n) is 7.07. The van der Waals surface area contributed by atoms with Crippen LogP contribution in [-0.2, 0) is 6.54 Å². The number of methoxy groups -OCH3 is 1. The first kappa shape index (κ1) is 14.3. The average molecular weight is 299 g/mol. The van der Waals surface area contributed by atoms with Crippen molar-refractivity contribution in [3.63, 3.8) is 0 Å². The van der Waals surface area contributed by atoms with Gasteiger partial charge in [0.15, 0.2) is 11.5 Å². The van der Waals surface area contributed by atoms with E-state index in [2.05, 4.69) is 5.32 Å². The van der Waals surface area contributed by atoms with Crippen molar-refractivity contribution < 1.29 is 19.0 Å². The normalized spacial score (nSPS) is 12.6. The molecule has 22 heavy (non-hydrogen) atoms. The van der Waals surface area contributed by atoms with Crippen LogP contribution in [0, 0.1) is 0 Å². The van der Waals surface area contributed by atoms with Gasteiger partial charge in [-0.3, -0.25) is 4.79 Å². The van der Waals surface area contributed by atoms with E-state index in [-0.39, 0.29) is 5.91 Å². The lowest BCUT2D eigenvalue weighted by atomic mass is 10.1. The van der Waals surface area contributed by atoms with E-state index < -0.39 is 0 Å². The number of amides is 1. The van der Waals surface area contributed by atoms with Gasteiger partial charge in [-0.05, 0) is 17.7 Å². The maximum Gasteiger partial charge on any atom is 0.251 e. The molecule has 0 saturated heterocycles. The molecule has 1 N–H and O–H groups in total. The van der Waals surface area contributed by atoms with Crippen LogP contribution in [-0.4, -0.2) is 26.2 Å². The third-order valence-corrected chi connectivity index (χ3v) is 3.39. The van der Waals surface area contributed by atoms with Crippen LogP contribution in [0.5, 0.6) is 17.2 Å². The van der Waals surface area contributed by atoms with E-state index in [0.717, 1.165) is 5.56 Å². The van der Waals surface area contributed by atoms with Crippen molar-refractivity contribution in [1.82, 2.24) is 5.32 Å². The summed E-state index contributed by atoms with van der Waals surface area (Å²) in [5.74, 6) is 1.41. The molecule has 1 amide bonds. The third-order valence-electron chi connectivity index (χ3n) is 3.39. The molecule has 0 aliphatic carbocycles. The predicted molar refractivity (Wildman–Crippen MR) is 81.6 cm³/mol. The van der Waals surface area contributed by atoms with Gasteiger partial charge in [0.1, 0.15) is 13.2 Å². The summed E-state index contributed by atoms with van der Waals surface area (Å²) in [6.45, 7) is 1.41. The number of rotatable bonds is 4. The molecule has 2 aromatic carbocycles. The molecule has 0 spiro atoms. The summed E-state index contributed by atoms with van der Waals surface area (Å²) >= 11 is 0. The molecule has 5 nitrogen and oxygen atoms in total. The number of hydrogen-bond donors (Lipinski definition) is 1. The molecule has 0 radical (unpaired) electrons. The standard InChI is InChI=1S/C17H17NO4/c1-20-14-9-13(10-15-16(14)22-8-7-21-15)17(19)18-11-12-5-3-2-4-6-12/h2-6,9-10H,7-8,11H2,1H3,(H,18,19). The third kappa shape index (κ3) is 2.98. The number of benzene rings is 2. The van der Waals surface area contributed by atoms with Gasteiger partial charge < -0.3 is 19.5 Å². The molecular weight excluding hydrogens is 282 g/mol. The highest BCUT2D eigenvalue weighted by atomic mass is 16.6. The lowest BCUT2D eigenvalue weighted by Crippen LogP contribution is -2.23. The van der Waals surface area contributed by atoms with Crippen molar-refractivity contribution in [3.8, 4) is 17.2 Å². The molecule has 5 heteroatoms. The zero-order chi connectivity index (χ0) is 15.4. The Labute approximate surface area is 128 Å². The van der Waals surface area contributed by atoms with Crippen molar-refractivity contribution >= 4 is 5.91 Å². The van der Waals surface area contributed by atoms with E-state index in [9.17, 15) is 4.79 Å². The summed E-state index contributed by atoms with van der Waals surface area (Å²) in [7, 11) is 1.54. The minimum atomic E-state index is -0.181. The van der Waals surface area contributed by atoms with E-state index >= 15 is 0 Å². The Morgan fingerprint density at radius 2 is 1.95 bits per heavy atom. The number of nitrogens with one attached hydrogen (secondary N) is 1. The summed E-state index contributed by atoms with van der Waals surface area (Å²) in [6.07, 6.45) is 0. The van der Waals surface area contributed by atoms with Crippen molar-refractivity contribution in [2.24, 2.45) is 0 Å². The summed E-state index contributed by atoms with van der Waals surface area (Å²) in [4.78, 5) is 12.3. The topological polar surface area (TPSA) is 56.8 Å². The first-order valence-corrected chi connectivity index (χ1v) is 7.07. The van der Waals surface area contributed by atoms with Crippen molar-refractivity contribution in [3.05, 3.63) is 53.6 Å². The van der Waals surface area contributed by atoms with Crippen molar-refractivity contribution in [2.45, 2.75) is 6.54 Å². The number of carbonyl (C=O) groups excluding carboxylic acids is 1. The minimum absolute atomic E-state index is 0.181. The molecule has 1 aliphatic rings. The molecule has 0 fully saturated rings. The van der Waals surface area contributed by atoms with E-state index in [1.54, 1.807) is 19.2 Å². The molecule has 1 aliphatic heterocycles. The lowest BCUT2D eigenvalue weighted by molar-refractivity contribution is 0.0949. The monoisotopic (exact) mass is 299 g/mol. The van der Waals surface area contributed by atoms with Crippen molar-refractivity contribution in [2.75, 3.05) is 20.3 Å². The summed E-state index contributed by atoms with van der Waals surface area (Å²) in [5, 5.41) is 2.88. The van der Waals surface area contributed by atoms with E-state index in [4.69, 9.17) is 14.2 Å². The SMILES string of the molecule is COc1cc(C(=O)NCc2ccccc2)cc2c1OCCO2. The number of hydrogen-bond acceptors (Lipinski definition) is 4. The maximum absolute atomic E-state index is 12.3. The number of ether oxygens (including phenoxy) is 3. The highest BCUT2D eigenvalue weighted by Gasteiger charge is 2.20. The quantitative estimate of drug-likeness (QED) is 0.942. The van der Waals surface area contributed by atoms with Gasteiger partial charge in [-0.2, -0.15) is 0 Å². The van der Waals surface area contributed by atoms with Crippen LogP contribution in [0.2, 0.25) is 0 Å². The van der Waals surface area contributed by atoms with Gasteiger partial charge in [-0.25, -0.2) is 0 Å². The molecule has 0 aromatic heterocycles. The van der Waals surface area contributed by atoms with E-state index in [1.807, 2.05) is 30.3 Å². The van der Waals surface area contributed by atoms with Crippen LogP contribution >= 0.6 is 0 Å². The van der Waals surface area contributed by atoms with Crippen LogP contribution in [0.1, 0.15) is 15.9 Å². The Kier molecular flexibility index (Phi) is 4.14. The van der Waals surface area contributed by atoms with Gasteiger partial charge in [-0.1, -0.05) is 30.3 Å². The highest BCUT2D eigenvalue weighted by molar-refractivity contribution is 5.95. The van der Waals surface area contributed by atoms with Gasteiger partial charge >= 0.3 is 0 Å². The lowest BCUT2D eigenvalue weighted by Gasteiger charge is -2.21. The minimum Gasteiger partial charge on any atom is -0.493 e. The van der Waals surface area contributed by atoms with E-state index in [1.165, 1.54) is 0 Å². The summed E-state index contributed by atoms with van der Waals surface area (Å²) < 4.78 is 16.3. The maximum atomic E-state index is 12.3. The second kappa shape index (κ2) is 6.39. The Hall–Kier alpha value is -2.69. The molecule has 0 atom stereocenters. The van der Waals surface area contributed by atoms with Crippen LogP contribution in [0.25, 0.3) is 0 Å². The highest BCUT2D eigenvalue weighted by Crippen LogP contribution is 2.40. The van der Waals surface area contributed by atoms with Gasteiger partial charge in [0, 0.05) is 12.1 Å². The second-order valence-corrected chi connectivity index (χ2v) is 4.87. The van der Waals surface area contributed by atoms with Gasteiger partial charge in [-0.15, -0.1) is 0 Å². The Morgan fingerprint density at radius 3 is 2.73 bits per heavy atom. The van der Waals surface area contributed by atoms with Crippen LogP contribution in [0.3, 0.4) is 0 Å². The van der Waals surface area contributed by atoms with Crippen LogP contribution in [0.4, 0.5) is 0 Å². The van der Waals surface area contributed by atoms with E-state index in [0.29, 0.717) is 42.6 Å². The number of fused-ring (bicyclic) bond motifs is 1. The predicted octanol–water partition coefficient (Wildman–Crippen LogP) is 2.40. The molecule has 2 aromatic rings. The molecule has 3 rings (SSSR count). The Bertz CT molecular complexity index is 653. The fraction of sp³-hybridized carbons (Fsp3) is 0.235. The molecule has 1 heterocycles. The molecule has 114 valence electrons. The van der Waals surface area contributed by atoms with Gasteiger partial charge in [0.05, 0.1) is 7.11 Å². The molecule has 0 saturated carbocycles. The molecule has 0 unspecified atom stereocenters. The zero-order valence-corrected chi connectivity index (χ0v) is 12.3. The zero-order valence-electron chi connectivity index (χ0n) is 12.3. The average Bonchev–Trinajstić information content (AvgIpc) is 2.59. The molecule has 0 bridgehead atoms. The Balaban J connectivity index is 1.77. The summed E-state index contributed by atoms with van der Waals surface area (Å²) in [6, 6.07) is 13.1. The van der Waals surface area contributed by atoms with Crippen molar-refractivity contribution in [1.29, 1.82) is 0 Å². The first-order chi connectivity index (χ1) is 10.8. The fourth-order valence-electron chi connectivity index (χ4n) is 2.28. The van der Waals surface area contributed by atoms with Crippen LogP contribution < -0.4 is 19.5 Å². The Morgan fingerprint density at radius 1 is 1.18 bits per heavy atom. The smallest absolute Gasteiger partial charge is 0.251 e. The number of carbonyl (C=O) groups is 1. The molecular formula is C17H17NO4.